The van der Waals surface area contributed by atoms with Gasteiger partial charge in [0.1, 0.15) is 18.0 Å². The number of likely N-dealkylation sites (tertiary alicyclic amines) is 1. The van der Waals surface area contributed by atoms with Gasteiger partial charge in [-0.05, 0) is 68.1 Å². The molecule has 2 aliphatic heterocycles. The minimum Gasteiger partial charge on any atom is -0.481 e. The smallest absolute Gasteiger partial charge is 0.303 e. The summed E-state index contributed by atoms with van der Waals surface area (Å²) in [5.41, 5.74) is 8.33. The summed E-state index contributed by atoms with van der Waals surface area (Å²) in [5.74, 6) is 0.359. The summed E-state index contributed by atoms with van der Waals surface area (Å²) in [6.07, 6.45) is 6.33. The lowest BCUT2D eigenvalue weighted by Gasteiger charge is -2.28. The van der Waals surface area contributed by atoms with Crippen molar-refractivity contribution < 1.29 is 24.2 Å². The molecule has 2 amide bonds. The Morgan fingerprint density at radius 2 is 1.87 bits per heavy atom. The Bertz CT molecular complexity index is 1210. The second kappa shape index (κ2) is 11.9. The number of nitrogen functional groups attached to an aromatic ring is 1. The first kappa shape index (κ1) is 26.7. The van der Waals surface area contributed by atoms with Crippen LogP contribution in [-0.2, 0) is 9.59 Å². The lowest BCUT2D eigenvalue weighted by Crippen LogP contribution is -2.32. The van der Waals surface area contributed by atoms with E-state index in [4.69, 9.17) is 15.6 Å². The highest BCUT2D eigenvalue weighted by molar-refractivity contribution is 6.10. The van der Waals surface area contributed by atoms with Gasteiger partial charge in [0.2, 0.25) is 17.7 Å². The Labute approximate surface area is 227 Å². The summed E-state index contributed by atoms with van der Waals surface area (Å²) in [5, 5.41) is 12.2. The van der Waals surface area contributed by atoms with Crippen LogP contribution in [0.2, 0.25) is 0 Å². The second-order valence-corrected chi connectivity index (χ2v) is 10.6. The van der Waals surface area contributed by atoms with Gasteiger partial charge in [-0.3, -0.25) is 14.4 Å². The van der Waals surface area contributed by atoms with Gasteiger partial charge in [0.15, 0.2) is 0 Å². The number of nitrogens with two attached hydrogens (primary N) is 1. The van der Waals surface area contributed by atoms with E-state index in [1.165, 1.54) is 5.56 Å². The van der Waals surface area contributed by atoms with Crippen molar-refractivity contribution in [3.8, 4) is 5.88 Å². The fourth-order valence-electron chi connectivity index (χ4n) is 5.84. The molecule has 1 aliphatic carbocycles. The average Bonchev–Trinajstić information content (AvgIpc) is 3.25. The molecule has 4 N–H and O–H groups in total. The van der Waals surface area contributed by atoms with Gasteiger partial charge in [-0.2, -0.15) is 9.97 Å². The molecule has 2 fully saturated rings. The van der Waals surface area contributed by atoms with Crippen molar-refractivity contribution in [2.75, 3.05) is 48.7 Å². The number of ether oxygens (including phenoxy) is 1. The van der Waals surface area contributed by atoms with Crippen LogP contribution in [0.15, 0.2) is 24.3 Å². The summed E-state index contributed by atoms with van der Waals surface area (Å²) in [6, 6.07) is 8.00. The van der Waals surface area contributed by atoms with Crippen LogP contribution in [-0.4, -0.2) is 70.5 Å². The number of carboxylic acid groups (broad SMARTS) is 1. The molecule has 0 bridgehead atoms. The van der Waals surface area contributed by atoms with Crippen molar-refractivity contribution in [1.82, 2.24) is 14.9 Å². The predicted molar refractivity (Wildman–Crippen MR) is 146 cm³/mol. The molecule has 1 saturated heterocycles. The van der Waals surface area contributed by atoms with Gasteiger partial charge in [0.25, 0.3) is 5.91 Å². The second-order valence-electron chi connectivity index (χ2n) is 10.6. The first-order valence-electron chi connectivity index (χ1n) is 13.8. The molecule has 0 spiro atoms. The molecular formula is C28H36N6O5. The summed E-state index contributed by atoms with van der Waals surface area (Å²) in [4.78, 5) is 48.5. The third-order valence-corrected chi connectivity index (χ3v) is 7.96. The van der Waals surface area contributed by atoms with Crippen molar-refractivity contribution in [1.29, 1.82) is 0 Å². The molecule has 208 valence electrons. The lowest BCUT2D eigenvalue weighted by atomic mass is 9.77. The van der Waals surface area contributed by atoms with Crippen molar-refractivity contribution in [3.63, 3.8) is 0 Å². The molecule has 0 radical (unpaired) electrons. The molecule has 11 nitrogen and oxygen atoms in total. The van der Waals surface area contributed by atoms with Crippen LogP contribution in [0.25, 0.3) is 0 Å². The normalized spacial score (nSPS) is 21.3. The first-order chi connectivity index (χ1) is 18.9. The molecule has 11 heteroatoms. The summed E-state index contributed by atoms with van der Waals surface area (Å²) >= 11 is 0. The van der Waals surface area contributed by atoms with Crippen LogP contribution in [0, 0.1) is 5.92 Å². The van der Waals surface area contributed by atoms with Crippen molar-refractivity contribution >= 4 is 35.2 Å². The molecule has 3 heterocycles. The van der Waals surface area contributed by atoms with Crippen LogP contribution in [0.3, 0.4) is 0 Å². The quantitative estimate of drug-likeness (QED) is 0.410. The predicted octanol–water partition coefficient (Wildman–Crippen LogP) is 3.27. The first-order valence-corrected chi connectivity index (χ1v) is 13.8. The maximum Gasteiger partial charge on any atom is 0.303 e. The molecule has 0 atom stereocenters. The van der Waals surface area contributed by atoms with Gasteiger partial charge in [-0.25, -0.2) is 0 Å². The van der Waals surface area contributed by atoms with Crippen LogP contribution >= 0.6 is 0 Å². The van der Waals surface area contributed by atoms with Crippen molar-refractivity contribution in [3.05, 3.63) is 35.4 Å². The van der Waals surface area contributed by atoms with E-state index in [1.807, 2.05) is 17.0 Å². The number of nitrogens with zero attached hydrogens (tertiary/aromatic N) is 4. The number of fused-ring (bicyclic) bond motifs is 1. The van der Waals surface area contributed by atoms with Crippen LogP contribution in [0.5, 0.6) is 5.88 Å². The highest BCUT2D eigenvalue weighted by Gasteiger charge is 2.30. The highest BCUT2D eigenvalue weighted by atomic mass is 16.5. The minimum atomic E-state index is -0.722. The maximum atomic E-state index is 13.5. The number of nitrogens with one attached hydrogen (secondary N) is 1. The van der Waals surface area contributed by atoms with E-state index in [9.17, 15) is 14.4 Å². The molecule has 5 rings (SSSR count). The van der Waals surface area contributed by atoms with Crippen molar-refractivity contribution in [2.45, 2.75) is 57.3 Å². The summed E-state index contributed by atoms with van der Waals surface area (Å²) < 4.78 is 5.82. The molecule has 1 aromatic heterocycles. The monoisotopic (exact) mass is 536 g/mol. The Hall–Kier alpha value is -3.89. The van der Waals surface area contributed by atoms with E-state index in [-0.39, 0.29) is 48.0 Å². The van der Waals surface area contributed by atoms with E-state index in [1.54, 1.807) is 4.90 Å². The van der Waals surface area contributed by atoms with Gasteiger partial charge < -0.3 is 30.7 Å². The number of anilines is 3. The molecule has 1 aromatic carbocycles. The van der Waals surface area contributed by atoms with Crippen molar-refractivity contribution in [2.24, 2.45) is 5.92 Å². The maximum absolute atomic E-state index is 13.5. The number of rotatable bonds is 9. The van der Waals surface area contributed by atoms with Crippen LogP contribution in [0.1, 0.15) is 73.2 Å². The minimum absolute atomic E-state index is 0.0591. The fraction of sp³-hybridized carbons (Fsp3) is 0.536. The highest BCUT2D eigenvalue weighted by Crippen LogP contribution is 2.38. The molecule has 3 aliphatic rings. The number of hydrogen-bond acceptors (Lipinski definition) is 8. The third-order valence-electron chi connectivity index (χ3n) is 7.96. The van der Waals surface area contributed by atoms with E-state index in [2.05, 4.69) is 27.4 Å². The number of aliphatic carboxylic acids is 1. The molecular weight excluding hydrogens is 500 g/mol. The van der Waals surface area contributed by atoms with Gasteiger partial charge in [-0.15, -0.1) is 0 Å². The lowest BCUT2D eigenvalue weighted by molar-refractivity contribution is -0.138. The summed E-state index contributed by atoms with van der Waals surface area (Å²) in [6.45, 7) is 2.67. The Kier molecular flexibility index (Phi) is 8.13. The summed E-state index contributed by atoms with van der Waals surface area (Å²) in [7, 11) is 0. The van der Waals surface area contributed by atoms with Gasteiger partial charge in [0.05, 0.1) is 6.54 Å². The van der Waals surface area contributed by atoms with Gasteiger partial charge in [-0.1, -0.05) is 12.1 Å². The van der Waals surface area contributed by atoms with Crippen LogP contribution in [0.4, 0.5) is 17.5 Å². The Morgan fingerprint density at radius 1 is 1.10 bits per heavy atom. The van der Waals surface area contributed by atoms with E-state index < -0.39 is 5.97 Å². The molecule has 2 aromatic rings. The zero-order chi connectivity index (χ0) is 27.4. The number of carbonyl (C=O) groups excluding carboxylic acids is 2. The SMILES string of the molecule is Nc1nc(NCCCN2CCCC2=O)nc2c1C(=O)N(c1ccc(C3CCC(CC(=O)O)CC3)cc1)CCO2. The Balaban J connectivity index is 1.21. The number of hydrogen-bond donors (Lipinski definition) is 3. The third kappa shape index (κ3) is 6.23. The zero-order valence-electron chi connectivity index (χ0n) is 22.1. The van der Waals surface area contributed by atoms with E-state index in [0.29, 0.717) is 37.9 Å². The average molecular weight is 537 g/mol. The number of carbonyl (C=O) groups is 3. The zero-order valence-corrected chi connectivity index (χ0v) is 22.1. The molecule has 1 saturated carbocycles. The van der Waals surface area contributed by atoms with Gasteiger partial charge in [0, 0.05) is 38.2 Å². The van der Waals surface area contributed by atoms with Gasteiger partial charge >= 0.3 is 5.97 Å². The number of aromatic nitrogens is 2. The van der Waals surface area contributed by atoms with E-state index >= 15 is 0 Å². The molecule has 0 unspecified atom stereocenters. The molecule has 39 heavy (non-hydrogen) atoms. The topological polar surface area (TPSA) is 151 Å². The Morgan fingerprint density at radius 3 is 2.56 bits per heavy atom. The number of carboxylic acids is 1. The van der Waals surface area contributed by atoms with E-state index in [0.717, 1.165) is 50.8 Å². The van der Waals surface area contributed by atoms with Crippen LogP contribution < -0.4 is 20.7 Å². The standard InChI is InChI=1S/C28H36N6O5/c29-25-24-26(32-28(31-25)30-12-2-14-33-13-1-3-22(33)35)39-16-15-34(27(24)38)21-10-8-20(9-11-21)19-6-4-18(5-7-19)17-23(36)37/h8-11,18-19H,1-7,12-17H2,(H,36,37)(H3,29,30,31,32). The largest absolute Gasteiger partial charge is 0.481 e. The number of benzene rings is 1. The number of amides is 2. The fourth-order valence-corrected chi connectivity index (χ4v) is 5.84.